The Labute approximate surface area is 158 Å². The third-order valence-electron chi connectivity index (χ3n) is 4.72. The molecule has 1 N–H and O–H groups in total. The first-order chi connectivity index (χ1) is 12.6. The molecule has 1 fully saturated rings. The predicted octanol–water partition coefficient (Wildman–Crippen LogP) is 3.88. The van der Waals surface area contributed by atoms with Gasteiger partial charge >= 0.3 is 0 Å². The van der Waals surface area contributed by atoms with Gasteiger partial charge in [0, 0.05) is 30.0 Å². The van der Waals surface area contributed by atoms with Gasteiger partial charge in [0.05, 0.1) is 6.04 Å². The molecule has 2 aromatic rings. The minimum absolute atomic E-state index is 0.0136. The van der Waals surface area contributed by atoms with Crippen LogP contribution in [0, 0.1) is 5.92 Å². The normalized spacial score (nSPS) is 16.6. The van der Waals surface area contributed by atoms with Gasteiger partial charge in [-0.2, -0.15) is 0 Å². The van der Waals surface area contributed by atoms with Crippen molar-refractivity contribution in [1.29, 1.82) is 0 Å². The molecule has 3 rings (SSSR count). The SMILES string of the molecule is CC(NC(=O)C1CCN(C(=O)C=Cc2ccccc2)CC1)c1cccs1. The first-order valence-corrected chi connectivity index (χ1v) is 9.87. The van der Waals surface area contributed by atoms with E-state index in [1.165, 1.54) is 0 Å². The van der Waals surface area contributed by atoms with E-state index in [2.05, 4.69) is 5.32 Å². The summed E-state index contributed by atoms with van der Waals surface area (Å²) in [6.45, 7) is 3.27. The second kappa shape index (κ2) is 8.81. The van der Waals surface area contributed by atoms with E-state index in [1.54, 1.807) is 17.4 Å². The molecule has 0 spiro atoms. The summed E-state index contributed by atoms with van der Waals surface area (Å²) in [6, 6.07) is 13.9. The topological polar surface area (TPSA) is 49.4 Å². The minimum Gasteiger partial charge on any atom is -0.349 e. The van der Waals surface area contributed by atoms with E-state index in [1.807, 2.05) is 65.7 Å². The number of nitrogens with zero attached hydrogens (tertiary/aromatic N) is 1. The first kappa shape index (κ1) is 18.4. The zero-order valence-electron chi connectivity index (χ0n) is 14.9. The van der Waals surface area contributed by atoms with Gasteiger partial charge in [-0.15, -0.1) is 11.3 Å². The van der Waals surface area contributed by atoms with Gasteiger partial charge in [0.25, 0.3) is 0 Å². The zero-order valence-corrected chi connectivity index (χ0v) is 15.7. The van der Waals surface area contributed by atoms with Crippen LogP contribution in [0.5, 0.6) is 0 Å². The smallest absolute Gasteiger partial charge is 0.246 e. The summed E-state index contributed by atoms with van der Waals surface area (Å²) in [5.74, 6) is 0.0945. The van der Waals surface area contributed by atoms with Crippen LogP contribution in [-0.4, -0.2) is 29.8 Å². The molecule has 26 heavy (non-hydrogen) atoms. The second-order valence-corrected chi connectivity index (χ2v) is 7.57. The molecule has 1 aromatic heterocycles. The highest BCUT2D eigenvalue weighted by Crippen LogP contribution is 2.22. The van der Waals surface area contributed by atoms with Crippen LogP contribution in [-0.2, 0) is 9.59 Å². The molecule has 4 nitrogen and oxygen atoms in total. The molecule has 0 saturated carbocycles. The van der Waals surface area contributed by atoms with Crippen LogP contribution in [0.4, 0.5) is 0 Å². The van der Waals surface area contributed by atoms with Crippen LogP contribution in [0.3, 0.4) is 0 Å². The molecule has 1 atom stereocenters. The summed E-state index contributed by atoms with van der Waals surface area (Å²) in [5, 5.41) is 5.12. The second-order valence-electron chi connectivity index (χ2n) is 6.59. The monoisotopic (exact) mass is 368 g/mol. The van der Waals surface area contributed by atoms with Crippen molar-refractivity contribution in [2.75, 3.05) is 13.1 Å². The number of carbonyl (C=O) groups is 2. The van der Waals surface area contributed by atoms with Gasteiger partial charge in [0.2, 0.25) is 11.8 Å². The summed E-state index contributed by atoms with van der Waals surface area (Å²) >= 11 is 1.65. The van der Waals surface area contributed by atoms with Crippen LogP contribution in [0.1, 0.15) is 36.2 Å². The number of benzene rings is 1. The number of amides is 2. The fourth-order valence-electron chi connectivity index (χ4n) is 3.14. The van der Waals surface area contributed by atoms with Crippen LogP contribution in [0.15, 0.2) is 53.9 Å². The van der Waals surface area contributed by atoms with Crippen molar-refractivity contribution >= 4 is 29.2 Å². The highest BCUT2D eigenvalue weighted by Gasteiger charge is 2.27. The summed E-state index contributed by atoms with van der Waals surface area (Å²) in [4.78, 5) is 27.8. The minimum atomic E-state index is -0.0143. The molecule has 5 heteroatoms. The molecule has 1 saturated heterocycles. The Morgan fingerprint density at radius 1 is 1.15 bits per heavy atom. The highest BCUT2D eigenvalue weighted by atomic mass is 32.1. The van der Waals surface area contributed by atoms with Gasteiger partial charge in [-0.1, -0.05) is 36.4 Å². The van der Waals surface area contributed by atoms with Crippen molar-refractivity contribution in [1.82, 2.24) is 10.2 Å². The number of rotatable bonds is 5. The number of hydrogen-bond donors (Lipinski definition) is 1. The summed E-state index contributed by atoms with van der Waals surface area (Å²) in [7, 11) is 0. The Balaban J connectivity index is 1.47. The third-order valence-corrected chi connectivity index (χ3v) is 5.78. The van der Waals surface area contributed by atoms with Gasteiger partial charge < -0.3 is 10.2 Å². The third kappa shape index (κ3) is 4.82. The van der Waals surface area contributed by atoms with Gasteiger partial charge in [-0.05, 0) is 42.9 Å². The fourth-order valence-corrected chi connectivity index (χ4v) is 3.87. The average Bonchev–Trinajstić information content (AvgIpc) is 3.22. The molecule has 0 radical (unpaired) electrons. The van der Waals surface area contributed by atoms with E-state index in [9.17, 15) is 9.59 Å². The first-order valence-electron chi connectivity index (χ1n) is 8.99. The van der Waals surface area contributed by atoms with Gasteiger partial charge in [-0.3, -0.25) is 9.59 Å². The van der Waals surface area contributed by atoms with Crippen molar-refractivity contribution in [2.24, 2.45) is 5.92 Å². The standard InChI is InChI=1S/C21H24N2O2S/c1-16(19-8-5-15-26-19)22-21(25)18-11-13-23(14-12-18)20(24)10-9-17-6-3-2-4-7-17/h2-10,15-16,18H,11-14H2,1H3,(H,22,25). The van der Waals surface area contributed by atoms with Crippen LogP contribution < -0.4 is 5.32 Å². The summed E-state index contributed by atoms with van der Waals surface area (Å²) < 4.78 is 0. The molecular weight excluding hydrogens is 344 g/mol. The van der Waals surface area contributed by atoms with Gasteiger partial charge in [0.1, 0.15) is 0 Å². The number of nitrogens with one attached hydrogen (secondary N) is 1. The van der Waals surface area contributed by atoms with Crippen LogP contribution >= 0.6 is 11.3 Å². The van der Waals surface area contributed by atoms with E-state index in [0.717, 1.165) is 10.4 Å². The molecule has 1 aliphatic rings. The predicted molar refractivity (Wildman–Crippen MR) is 106 cm³/mol. The molecule has 0 aliphatic carbocycles. The summed E-state index contributed by atoms with van der Waals surface area (Å²) in [5.41, 5.74) is 1.01. The lowest BCUT2D eigenvalue weighted by molar-refractivity contribution is -0.132. The van der Waals surface area contributed by atoms with Crippen molar-refractivity contribution < 1.29 is 9.59 Å². The van der Waals surface area contributed by atoms with Crippen LogP contribution in [0.25, 0.3) is 6.08 Å². The molecule has 2 heterocycles. The van der Waals surface area contributed by atoms with Crippen molar-refractivity contribution in [3.63, 3.8) is 0 Å². The van der Waals surface area contributed by atoms with Gasteiger partial charge in [0.15, 0.2) is 0 Å². The maximum absolute atomic E-state index is 12.5. The number of piperidine rings is 1. The van der Waals surface area contributed by atoms with E-state index in [4.69, 9.17) is 0 Å². The molecule has 1 aliphatic heterocycles. The number of carbonyl (C=O) groups excluding carboxylic acids is 2. The highest BCUT2D eigenvalue weighted by molar-refractivity contribution is 7.10. The average molecular weight is 369 g/mol. The Bertz CT molecular complexity index is 748. The summed E-state index contributed by atoms with van der Waals surface area (Å²) in [6.07, 6.45) is 4.89. The number of thiophene rings is 1. The van der Waals surface area contributed by atoms with E-state index >= 15 is 0 Å². The van der Waals surface area contributed by atoms with Crippen LogP contribution in [0.2, 0.25) is 0 Å². The molecule has 2 amide bonds. The Kier molecular flexibility index (Phi) is 6.23. The van der Waals surface area contributed by atoms with E-state index in [-0.39, 0.29) is 23.8 Å². The zero-order chi connectivity index (χ0) is 18.4. The maximum Gasteiger partial charge on any atom is 0.246 e. The maximum atomic E-state index is 12.5. The van der Waals surface area contributed by atoms with Gasteiger partial charge in [-0.25, -0.2) is 0 Å². The molecule has 1 unspecified atom stereocenters. The number of likely N-dealkylation sites (tertiary alicyclic amines) is 1. The Morgan fingerprint density at radius 2 is 1.88 bits per heavy atom. The van der Waals surface area contributed by atoms with Crippen molar-refractivity contribution in [3.8, 4) is 0 Å². The van der Waals surface area contributed by atoms with Crippen molar-refractivity contribution in [2.45, 2.75) is 25.8 Å². The molecular formula is C21H24N2O2S. The molecule has 136 valence electrons. The Hall–Kier alpha value is -2.40. The van der Waals surface area contributed by atoms with E-state index < -0.39 is 0 Å². The largest absolute Gasteiger partial charge is 0.349 e. The lowest BCUT2D eigenvalue weighted by Gasteiger charge is -2.31. The molecule has 0 bridgehead atoms. The van der Waals surface area contributed by atoms with E-state index in [0.29, 0.717) is 25.9 Å². The quantitative estimate of drug-likeness (QED) is 0.814. The van der Waals surface area contributed by atoms with Crippen molar-refractivity contribution in [3.05, 3.63) is 64.4 Å². The molecule has 1 aromatic carbocycles. The number of hydrogen-bond acceptors (Lipinski definition) is 3. The lowest BCUT2D eigenvalue weighted by atomic mass is 9.95. The lowest BCUT2D eigenvalue weighted by Crippen LogP contribution is -2.42. The fraction of sp³-hybridized carbons (Fsp3) is 0.333. The Morgan fingerprint density at radius 3 is 2.54 bits per heavy atom.